The van der Waals surface area contributed by atoms with Crippen LogP contribution in [0.2, 0.25) is 0 Å². The fourth-order valence-corrected chi connectivity index (χ4v) is 7.00. The molecule has 1 aliphatic heterocycles. The monoisotopic (exact) mass is 493 g/mol. The highest BCUT2D eigenvalue weighted by Gasteiger charge is 2.34. The number of thiophene rings is 1. The second-order valence-corrected chi connectivity index (χ2v) is 11.7. The quantitative estimate of drug-likeness (QED) is 0.411. The molecule has 1 unspecified atom stereocenters. The summed E-state index contributed by atoms with van der Waals surface area (Å²) < 4.78 is 25.5. The number of aromatic nitrogens is 2. The highest BCUT2D eigenvalue weighted by atomic mass is 32.2. The Kier molecular flexibility index (Phi) is 6.05. The molecule has 1 amide bonds. The molecule has 0 spiro atoms. The predicted octanol–water partition coefficient (Wildman–Crippen LogP) is 3.34. The van der Waals surface area contributed by atoms with Crippen LogP contribution in [0.5, 0.6) is 0 Å². The Morgan fingerprint density at radius 3 is 2.47 bits per heavy atom. The number of sulfone groups is 1. The van der Waals surface area contributed by atoms with Crippen molar-refractivity contribution >= 4 is 37.3 Å². The summed E-state index contributed by atoms with van der Waals surface area (Å²) in [6.45, 7) is 0.0998. The van der Waals surface area contributed by atoms with Crippen LogP contribution < -0.4 is 5.56 Å². The van der Waals surface area contributed by atoms with Crippen molar-refractivity contribution in [2.45, 2.75) is 25.6 Å². The van der Waals surface area contributed by atoms with Crippen molar-refractivity contribution in [2.24, 2.45) is 0 Å². The molecule has 0 radical (unpaired) electrons. The molecule has 1 saturated heterocycles. The van der Waals surface area contributed by atoms with Crippen molar-refractivity contribution in [1.82, 2.24) is 14.5 Å². The number of nitrogens with zero attached hydrogens (tertiary/aromatic N) is 3. The minimum absolute atomic E-state index is 0.0529. The molecule has 174 valence electrons. The van der Waals surface area contributed by atoms with Gasteiger partial charge in [-0.1, -0.05) is 60.7 Å². The van der Waals surface area contributed by atoms with Gasteiger partial charge in [-0.3, -0.25) is 14.2 Å². The molecule has 0 aliphatic carbocycles. The van der Waals surface area contributed by atoms with Gasteiger partial charge in [0.1, 0.15) is 11.4 Å². The van der Waals surface area contributed by atoms with E-state index in [0.717, 1.165) is 16.0 Å². The van der Waals surface area contributed by atoms with Gasteiger partial charge in [0.15, 0.2) is 9.84 Å². The first-order chi connectivity index (χ1) is 16.4. The van der Waals surface area contributed by atoms with Crippen LogP contribution in [0.15, 0.2) is 77.9 Å². The normalized spacial score (nSPS) is 17.1. The molecule has 2 aromatic carbocycles. The predicted molar refractivity (Wildman–Crippen MR) is 133 cm³/mol. The summed E-state index contributed by atoms with van der Waals surface area (Å²) in [4.78, 5) is 34.1. The van der Waals surface area contributed by atoms with E-state index in [1.54, 1.807) is 4.90 Å². The second kappa shape index (κ2) is 9.15. The van der Waals surface area contributed by atoms with Gasteiger partial charge in [0.25, 0.3) is 5.56 Å². The largest absolute Gasteiger partial charge is 0.333 e. The maximum absolute atomic E-state index is 13.4. The Hall–Kier alpha value is -3.30. The molecular formula is C25H23N3O4S2. The van der Waals surface area contributed by atoms with Crippen LogP contribution in [0.3, 0.4) is 0 Å². The van der Waals surface area contributed by atoms with Crippen LogP contribution in [0, 0.1) is 0 Å². The third kappa shape index (κ3) is 4.67. The number of carbonyl (C=O) groups is 1. The van der Waals surface area contributed by atoms with Crippen molar-refractivity contribution < 1.29 is 13.2 Å². The molecule has 5 rings (SSSR count). The zero-order chi connectivity index (χ0) is 23.7. The standard InChI is InChI=1S/C25H23N3O4S2/c29-23(28(14-18-7-3-1-4-8-18)20-11-12-34(31,32)16-20)15-27-17-26-24-21(25(27)30)13-22(33-24)19-9-5-2-6-10-19/h1-10,13,17,20H,11-12,14-16H2. The van der Waals surface area contributed by atoms with Crippen LogP contribution in [-0.4, -0.2) is 46.3 Å². The zero-order valence-corrected chi connectivity index (χ0v) is 20.0. The van der Waals surface area contributed by atoms with E-state index in [4.69, 9.17) is 0 Å². The third-order valence-corrected chi connectivity index (χ3v) is 8.89. The SMILES string of the molecule is O=C(Cn1cnc2sc(-c3ccccc3)cc2c1=O)N(Cc1ccccc1)C1CCS(=O)(=O)C1. The van der Waals surface area contributed by atoms with Crippen LogP contribution in [0.4, 0.5) is 0 Å². The summed E-state index contributed by atoms with van der Waals surface area (Å²) in [5.41, 5.74) is 1.63. The lowest BCUT2D eigenvalue weighted by Crippen LogP contribution is -2.43. The Labute approximate surface area is 201 Å². The lowest BCUT2D eigenvalue weighted by Gasteiger charge is -2.28. The molecule has 1 fully saturated rings. The number of carbonyl (C=O) groups excluding carboxylic acids is 1. The molecule has 4 aromatic rings. The number of hydrogen-bond acceptors (Lipinski definition) is 6. The van der Waals surface area contributed by atoms with Gasteiger partial charge in [-0.05, 0) is 23.6 Å². The fraction of sp³-hybridized carbons (Fsp3) is 0.240. The molecule has 3 heterocycles. The molecule has 0 saturated carbocycles. The van der Waals surface area contributed by atoms with E-state index in [9.17, 15) is 18.0 Å². The maximum Gasteiger partial charge on any atom is 0.262 e. The van der Waals surface area contributed by atoms with Crippen LogP contribution in [-0.2, 0) is 27.7 Å². The zero-order valence-electron chi connectivity index (χ0n) is 18.3. The van der Waals surface area contributed by atoms with Crippen LogP contribution in [0.1, 0.15) is 12.0 Å². The Morgan fingerprint density at radius 2 is 1.79 bits per heavy atom. The van der Waals surface area contributed by atoms with E-state index >= 15 is 0 Å². The first-order valence-corrected chi connectivity index (χ1v) is 13.6. The van der Waals surface area contributed by atoms with Gasteiger partial charge in [0, 0.05) is 17.5 Å². The summed E-state index contributed by atoms with van der Waals surface area (Å²) >= 11 is 1.43. The molecule has 0 N–H and O–H groups in total. The number of fused-ring (bicyclic) bond motifs is 1. The number of rotatable bonds is 6. The first kappa shape index (κ1) is 22.5. The van der Waals surface area contributed by atoms with Crippen LogP contribution >= 0.6 is 11.3 Å². The van der Waals surface area contributed by atoms with Gasteiger partial charge >= 0.3 is 0 Å². The fourth-order valence-electron chi connectivity index (χ4n) is 4.28. The number of amides is 1. The first-order valence-electron chi connectivity index (χ1n) is 11.0. The summed E-state index contributed by atoms with van der Waals surface area (Å²) in [6.07, 6.45) is 1.80. The maximum atomic E-state index is 13.4. The minimum atomic E-state index is -3.17. The summed E-state index contributed by atoms with van der Waals surface area (Å²) in [6, 6.07) is 20.6. The van der Waals surface area contributed by atoms with Gasteiger partial charge in [0.05, 0.1) is 23.2 Å². The van der Waals surface area contributed by atoms with Crippen molar-refractivity contribution in [3.05, 3.63) is 89.0 Å². The average molecular weight is 494 g/mol. The highest BCUT2D eigenvalue weighted by Crippen LogP contribution is 2.30. The minimum Gasteiger partial charge on any atom is -0.333 e. The molecule has 0 bridgehead atoms. The molecule has 34 heavy (non-hydrogen) atoms. The third-order valence-electron chi connectivity index (χ3n) is 6.05. The summed E-state index contributed by atoms with van der Waals surface area (Å²) in [5.74, 6) is -0.281. The average Bonchev–Trinajstić information content (AvgIpc) is 3.44. The Morgan fingerprint density at radius 1 is 1.09 bits per heavy atom. The van der Waals surface area contributed by atoms with Crippen molar-refractivity contribution in [3.63, 3.8) is 0 Å². The van der Waals surface area contributed by atoms with Crippen LogP contribution in [0.25, 0.3) is 20.7 Å². The van der Waals surface area contributed by atoms with Gasteiger partial charge in [0.2, 0.25) is 5.91 Å². The molecule has 1 aliphatic rings. The molecular weight excluding hydrogens is 470 g/mol. The second-order valence-electron chi connectivity index (χ2n) is 8.44. The Balaban J connectivity index is 1.44. The number of hydrogen-bond donors (Lipinski definition) is 0. The lowest BCUT2D eigenvalue weighted by atomic mass is 10.1. The molecule has 2 aromatic heterocycles. The van der Waals surface area contributed by atoms with E-state index in [1.807, 2.05) is 66.7 Å². The van der Waals surface area contributed by atoms with E-state index < -0.39 is 15.9 Å². The molecule has 1 atom stereocenters. The van der Waals surface area contributed by atoms with Crippen molar-refractivity contribution in [2.75, 3.05) is 11.5 Å². The number of benzene rings is 2. The van der Waals surface area contributed by atoms with E-state index in [0.29, 0.717) is 23.2 Å². The van der Waals surface area contributed by atoms with Crippen molar-refractivity contribution in [3.8, 4) is 10.4 Å². The van der Waals surface area contributed by atoms with Gasteiger partial charge in [-0.15, -0.1) is 11.3 Å². The van der Waals surface area contributed by atoms with Crippen molar-refractivity contribution in [1.29, 1.82) is 0 Å². The van der Waals surface area contributed by atoms with E-state index in [-0.39, 0.29) is 29.5 Å². The highest BCUT2D eigenvalue weighted by molar-refractivity contribution is 7.91. The Bertz CT molecular complexity index is 1500. The summed E-state index contributed by atoms with van der Waals surface area (Å²) in [5, 5.41) is 0.470. The smallest absolute Gasteiger partial charge is 0.262 e. The molecule has 9 heteroatoms. The topological polar surface area (TPSA) is 89.3 Å². The van der Waals surface area contributed by atoms with Gasteiger partial charge in [-0.25, -0.2) is 13.4 Å². The van der Waals surface area contributed by atoms with E-state index in [2.05, 4.69) is 4.98 Å². The lowest BCUT2D eigenvalue weighted by molar-refractivity contribution is -0.134. The molecule has 7 nitrogen and oxygen atoms in total. The van der Waals surface area contributed by atoms with E-state index in [1.165, 1.54) is 22.2 Å². The van der Waals surface area contributed by atoms with Gasteiger partial charge < -0.3 is 4.90 Å². The van der Waals surface area contributed by atoms with Gasteiger partial charge in [-0.2, -0.15) is 0 Å². The summed E-state index contributed by atoms with van der Waals surface area (Å²) in [7, 11) is -3.17.